The zero-order valence-corrected chi connectivity index (χ0v) is 17.5. The summed E-state index contributed by atoms with van der Waals surface area (Å²) in [6.45, 7) is 6.87. The molecule has 1 aliphatic carbocycles. The highest BCUT2D eigenvalue weighted by Crippen LogP contribution is 2.43. The van der Waals surface area contributed by atoms with Crippen molar-refractivity contribution in [3.05, 3.63) is 29.3 Å². The Morgan fingerprint density at radius 2 is 1.89 bits per heavy atom. The SMILES string of the molecule is Cc1ccc(C)c(S(=O)(=O)C2(C(=O)N3CCCC(C(C)N)C3)CCCC2)c1. The van der Waals surface area contributed by atoms with Crippen LogP contribution in [0.4, 0.5) is 0 Å². The van der Waals surface area contributed by atoms with Gasteiger partial charge in [-0.1, -0.05) is 25.0 Å². The maximum Gasteiger partial charge on any atom is 0.244 e. The Morgan fingerprint density at radius 1 is 1.22 bits per heavy atom. The number of carbonyl (C=O) groups excluding carboxylic acids is 1. The highest BCUT2D eigenvalue weighted by molar-refractivity contribution is 7.93. The van der Waals surface area contributed by atoms with Crippen LogP contribution in [-0.4, -0.2) is 43.1 Å². The van der Waals surface area contributed by atoms with Gasteiger partial charge in [0.15, 0.2) is 14.6 Å². The van der Waals surface area contributed by atoms with Gasteiger partial charge in [-0.3, -0.25) is 4.79 Å². The summed E-state index contributed by atoms with van der Waals surface area (Å²) in [4.78, 5) is 15.7. The van der Waals surface area contributed by atoms with Crippen molar-refractivity contribution in [1.29, 1.82) is 0 Å². The second-order valence-electron chi connectivity index (χ2n) is 8.49. The van der Waals surface area contributed by atoms with E-state index in [-0.39, 0.29) is 17.9 Å². The van der Waals surface area contributed by atoms with Crippen LogP contribution in [0.15, 0.2) is 23.1 Å². The molecule has 1 aliphatic heterocycles. The van der Waals surface area contributed by atoms with Gasteiger partial charge in [0, 0.05) is 19.1 Å². The van der Waals surface area contributed by atoms with Crippen LogP contribution in [0.5, 0.6) is 0 Å². The lowest BCUT2D eigenvalue weighted by Gasteiger charge is -2.39. The fourth-order valence-corrected chi connectivity index (χ4v) is 7.10. The van der Waals surface area contributed by atoms with E-state index in [4.69, 9.17) is 5.73 Å². The number of piperidine rings is 1. The van der Waals surface area contributed by atoms with Gasteiger partial charge in [0.25, 0.3) is 0 Å². The fraction of sp³-hybridized carbons (Fsp3) is 0.667. The van der Waals surface area contributed by atoms with Gasteiger partial charge in [0.2, 0.25) is 5.91 Å². The highest BCUT2D eigenvalue weighted by atomic mass is 32.2. The summed E-state index contributed by atoms with van der Waals surface area (Å²) >= 11 is 0. The van der Waals surface area contributed by atoms with Gasteiger partial charge in [-0.2, -0.15) is 0 Å². The van der Waals surface area contributed by atoms with Crippen molar-refractivity contribution in [2.45, 2.75) is 75.0 Å². The van der Waals surface area contributed by atoms with Crippen LogP contribution in [0.2, 0.25) is 0 Å². The normalized spacial score (nSPS) is 24.0. The molecule has 3 rings (SSSR count). The molecule has 0 radical (unpaired) electrons. The first-order valence-corrected chi connectivity index (χ1v) is 11.5. The molecule has 0 aromatic heterocycles. The van der Waals surface area contributed by atoms with Gasteiger partial charge >= 0.3 is 0 Å². The molecule has 27 heavy (non-hydrogen) atoms. The van der Waals surface area contributed by atoms with Crippen LogP contribution in [0, 0.1) is 19.8 Å². The molecule has 1 aromatic carbocycles. The maximum absolute atomic E-state index is 13.8. The molecule has 150 valence electrons. The number of rotatable bonds is 4. The average molecular weight is 393 g/mol. The molecule has 2 atom stereocenters. The van der Waals surface area contributed by atoms with Gasteiger partial charge in [-0.05, 0) is 69.6 Å². The number of hydrogen-bond acceptors (Lipinski definition) is 4. The van der Waals surface area contributed by atoms with Crippen molar-refractivity contribution in [2.24, 2.45) is 11.7 Å². The molecule has 1 aromatic rings. The quantitative estimate of drug-likeness (QED) is 0.854. The molecule has 1 saturated carbocycles. The number of hydrogen-bond donors (Lipinski definition) is 1. The summed E-state index contributed by atoms with van der Waals surface area (Å²) in [7, 11) is -3.76. The number of likely N-dealkylation sites (tertiary alicyclic amines) is 1. The Labute approximate surface area is 163 Å². The van der Waals surface area contributed by atoms with Crippen LogP contribution < -0.4 is 5.73 Å². The van der Waals surface area contributed by atoms with Crippen molar-refractivity contribution in [3.8, 4) is 0 Å². The second-order valence-corrected chi connectivity index (χ2v) is 10.7. The molecular formula is C21H32N2O3S. The summed E-state index contributed by atoms with van der Waals surface area (Å²) in [5.74, 6) is 0.0378. The third-order valence-electron chi connectivity index (χ3n) is 6.44. The van der Waals surface area contributed by atoms with E-state index in [2.05, 4.69) is 0 Å². The first-order valence-electron chi connectivity index (χ1n) is 10.1. The fourth-order valence-electron chi connectivity index (χ4n) is 4.66. The molecular weight excluding hydrogens is 360 g/mol. The summed E-state index contributed by atoms with van der Waals surface area (Å²) < 4.78 is 26.2. The zero-order chi connectivity index (χ0) is 19.8. The van der Waals surface area contributed by atoms with Crippen molar-refractivity contribution >= 4 is 15.7 Å². The Balaban J connectivity index is 2.00. The second kappa shape index (κ2) is 7.55. The van der Waals surface area contributed by atoms with Gasteiger partial charge in [0.05, 0.1) is 4.90 Å². The zero-order valence-electron chi connectivity index (χ0n) is 16.7. The van der Waals surface area contributed by atoms with Crippen LogP contribution in [0.25, 0.3) is 0 Å². The largest absolute Gasteiger partial charge is 0.341 e. The predicted molar refractivity (Wildman–Crippen MR) is 107 cm³/mol. The van der Waals surface area contributed by atoms with E-state index in [1.807, 2.05) is 32.9 Å². The molecule has 1 saturated heterocycles. The number of aryl methyl sites for hydroxylation is 2. The summed E-state index contributed by atoms with van der Waals surface area (Å²) in [6, 6.07) is 5.48. The topological polar surface area (TPSA) is 80.5 Å². The summed E-state index contributed by atoms with van der Waals surface area (Å²) in [5.41, 5.74) is 7.69. The van der Waals surface area contributed by atoms with Gasteiger partial charge in [-0.25, -0.2) is 8.42 Å². The number of benzene rings is 1. The highest BCUT2D eigenvalue weighted by Gasteiger charge is 2.55. The first-order chi connectivity index (χ1) is 12.7. The van der Waals surface area contributed by atoms with E-state index in [0.29, 0.717) is 36.4 Å². The predicted octanol–water partition coefficient (Wildman–Crippen LogP) is 2.98. The molecule has 0 bridgehead atoms. The molecule has 2 aliphatic rings. The molecule has 1 heterocycles. The monoisotopic (exact) mass is 392 g/mol. The number of sulfone groups is 1. The van der Waals surface area contributed by atoms with Crippen LogP contribution >= 0.6 is 0 Å². The molecule has 6 heteroatoms. The van der Waals surface area contributed by atoms with E-state index >= 15 is 0 Å². The van der Waals surface area contributed by atoms with Gasteiger partial charge < -0.3 is 10.6 Å². The summed E-state index contributed by atoms with van der Waals surface area (Å²) in [5, 5.41) is 0. The number of nitrogens with two attached hydrogens (primary N) is 1. The maximum atomic E-state index is 13.8. The van der Waals surface area contributed by atoms with Gasteiger partial charge in [-0.15, -0.1) is 0 Å². The average Bonchev–Trinajstić information content (AvgIpc) is 3.14. The Kier molecular flexibility index (Phi) is 5.69. The Morgan fingerprint density at radius 3 is 2.52 bits per heavy atom. The third-order valence-corrected chi connectivity index (χ3v) is 9.07. The van der Waals surface area contributed by atoms with E-state index < -0.39 is 14.6 Å². The van der Waals surface area contributed by atoms with E-state index in [0.717, 1.165) is 31.2 Å². The summed E-state index contributed by atoms with van der Waals surface area (Å²) in [6.07, 6.45) is 4.28. The minimum absolute atomic E-state index is 0.00996. The minimum Gasteiger partial charge on any atom is -0.341 e. The molecule has 5 nitrogen and oxygen atoms in total. The molecule has 2 fully saturated rings. The molecule has 1 amide bonds. The van der Waals surface area contributed by atoms with E-state index in [9.17, 15) is 13.2 Å². The molecule has 2 N–H and O–H groups in total. The van der Waals surface area contributed by atoms with Crippen molar-refractivity contribution in [1.82, 2.24) is 4.90 Å². The molecule has 0 spiro atoms. The lowest BCUT2D eigenvalue weighted by atomic mass is 9.91. The number of carbonyl (C=O) groups is 1. The number of amides is 1. The van der Waals surface area contributed by atoms with Crippen LogP contribution in [-0.2, 0) is 14.6 Å². The Bertz CT molecular complexity index is 811. The third kappa shape index (κ3) is 3.54. The van der Waals surface area contributed by atoms with Crippen molar-refractivity contribution in [3.63, 3.8) is 0 Å². The van der Waals surface area contributed by atoms with Crippen LogP contribution in [0.3, 0.4) is 0 Å². The number of nitrogens with zero attached hydrogens (tertiary/aromatic N) is 1. The smallest absolute Gasteiger partial charge is 0.244 e. The first kappa shape index (κ1) is 20.3. The lowest BCUT2D eigenvalue weighted by Crippen LogP contribution is -2.56. The van der Waals surface area contributed by atoms with Crippen molar-refractivity contribution in [2.75, 3.05) is 13.1 Å². The minimum atomic E-state index is -3.76. The van der Waals surface area contributed by atoms with Crippen LogP contribution in [0.1, 0.15) is 56.6 Å². The standard InChI is InChI=1S/C21H32N2O3S/c1-15-8-9-16(2)19(13-15)27(25,26)21(10-4-5-11-21)20(24)23-12-6-7-18(14-23)17(3)22/h8-9,13,17-18H,4-7,10-12,14,22H2,1-3H3. The Hall–Kier alpha value is -1.40. The van der Waals surface area contributed by atoms with E-state index in [1.165, 1.54) is 0 Å². The lowest BCUT2D eigenvalue weighted by molar-refractivity contribution is -0.135. The van der Waals surface area contributed by atoms with Crippen molar-refractivity contribution < 1.29 is 13.2 Å². The van der Waals surface area contributed by atoms with Gasteiger partial charge in [0.1, 0.15) is 0 Å². The molecule has 2 unspecified atom stereocenters. The van der Waals surface area contributed by atoms with E-state index in [1.54, 1.807) is 11.0 Å².